The maximum atomic E-state index is 5.92. The highest BCUT2D eigenvalue weighted by Crippen LogP contribution is 2.47. The van der Waals surface area contributed by atoms with Gasteiger partial charge in [0.15, 0.2) is 5.82 Å². The van der Waals surface area contributed by atoms with Crippen LogP contribution in [0.4, 0.5) is 0 Å². The van der Waals surface area contributed by atoms with Crippen molar-refractivity contribution in [2.45, 2.75) is 33.1 Å². The number of benzene rings is 11. The molecule has 3 nitrogen and oxygen atoms in total. The smallest absolute Gasteiger partial charge is 0.160 e. The largest absolute Gasteiger partial charge is 0.309 e. The first-order chi connectivity index (χ1) is 35.0. The van der Waals surface area contributed by atoms with Crippen LogP contribution in [0.3, 0.4) is 0 Å². The van der Waals surface area contributed by atoms with E-state index in [1.807, 2.05) is 11.3 Å². The summed E-state index contributed by atoms with van der Waals surface area (Å²) in [6.45, 7) is 6.82. The fraction of sp³-hybridized carbons (Fsp3) is 0.0746. The highest BCUT2D eigenvalue weighted by Gasteiger charge is 2.27. The zero-order valence-electron chi connectivity index (χ0n) is 39.7. The van der Waals surface area contributed by atoms with Gasteiger partial charge in [-0.2, -0.15) is 0 Å². The lowest BCUT2D eigenvalue weighted by Crippen LogP contribution is -2.10. The Kier molecular flexibility index (Phi) is 9.55. The molecule has 336 valence electrons. The maximum absolute atomic E-state index is 5.92. The van der Waals surface area contributed by atoms with Crippen molar-refractivity contribution in [3.05, 3.63) is 235 Å². The molecule has 71 heavy (non-hydrogen) atoms. The molecule has 1 unspecified atom stereocenters. The predicted molar refractivity (Wildman–Crippen MR) is 304 cm³/mol. The van der Waals surface area contributed by atoms with Gasteiger partial charge in [-0.05, 0) is 104 Å². The van der Waals surface area contributed by atoms with Crippen LogP contribution in [-0.2, 0) is 6.42 Å². The van der Waals surface area contributed by atoms with Gasteiger partial charge in [0.1, 0.15) is 0 Å². The fourth-order valence-corrected chi connectivity index (χ4v) is 13.0. The average Bonchev–Trinajstić information content (AvgIpc) is 3.97. The van der Waals surface area contributed by atoms with E-state index in [4.69, 9.17) is 9.97 Å². The summed E-state index contributed by atoms with van der Waals surface area (Å²) in [5, 5.41) is 14.7. The molecule has 0 saturated heterocycles. The number of aromatic nitrogens is 3. The van der Waals surface area contributed by atoms with Crippen molar-refractivity contribution < 1.29 is 0 Å². The van der Waals surface area contributed by atoms with Crippen molar-refractivity contribution in [2.75, 3.05) is 0 Å². The van der Waals surface area contributed by atoms with Gasteiger partial charge in [0, 0.05) is 64.6 Å². The second-order valence-electron chi connectivity index (χ2n) is 19.2. The summed E-state index contributed by atoms with van der Waals surface area (Å²) in [4.78, 5) is 11.8. The molecule has 0 N–H and O–H groups in total. The second-order valence-corrected chi connectivity index (χ2v) is 20.2. The van der Waals surface area contributed by atoms with Crippen LogP contribution in [0.2, 0.25) is 0 Å². The van der Waals surface area contributed by atoms with Gasteiger partial charge in [-0.25, -0.2) is 9.97 Å². The van der Waals surface area contributed by atoms with Crippen molar-refractivity contribution in [2.24, 2.45) is 0 Å². The summed E-state index contributed by atoms with van der Waals surface area (Å²) in [5.41, 5.74) is 13.8. The Morgan fingerprint density at radius 3 is 1.89 bits per heavy atom. The zero-order valence-corrected chi connectivity index (χ0v) is 40.6. The van der Waals surface area contributed by atoms with E-state index in [1.54, 1.807) is 0 Å². The number of hydrogen-bond acceptors (Lipinski definition) is 3. The minimum absolute atomic E-state index is 0.0551. The molecule has 0 spiro atoms. The minimum Gasteiger partial charge on any atom is -0.309 e. The van der Waals surface area contributed by atoms with Crippen LogP contribution in [0.5, 0.6) is 0 Å². The molecule has 0 aliphatic heterocycles. The van der Waals surface area contributed by atoms with E-state index in [0.717, 1.165) is 40.4 Å². The molecule has 0 saturated carbocycles. The fourth-order valence-electron chi connectivity index (χ4n) is 11.7. The van der Waals surface area contributed by atoms with Crippen LogP contribution in [0.25, 0.3) is 125 Å². The number of fused-ring (bicyclic) bond motifs is 12. The Balaban J connectivity index is 1.12. The van der Waals surface area contributed by atoms with E-state index in [9.17, 15) is 0 Å². The van der Waals surface area contributed by atoms with Crippen molar-refractivity contribution in [1.82, 2.24) is 14.5 Å². The lowest BCUT2D eigenvalue weighted by molar-refractivity contribution is 0.835. The number of hydrogen-bond donors (Lipinski definition) is 0. The van der Waals surface area contributed by atoms with Gasteiger partial charge in [-0.1, -0.05) is 196 Å². The molecule has 14 rings (SSSR count). The Morgan fingerprint density at radius 1 is 0.493 bits per heavy atom. The Hall–Kier alpha value is -8.44. The summed E-state index contributed by atoms with van der Waals surface area (Å²) < 4.78 is 5.00. The summed E-state index contributed by atoms with van der Waals surface area (Å²) >= 11 is 1.88. The molecular weight excluding hydrogens is 879 g/mol. The van der Waals surface area contributed by atoms with E-state index >= 15 is 0 Å². The third kappa shape index (κ3) is 6.55. The van der Waals surface area contributed by atoms with Gasteiger partial charge >= 0.3 is 0 Å². The second kappa shape index (κ2) is 16.3. The van der Waals surface area contributed by atoms with E-state index in [2.05, 4.69) is 238 Å². The first-order valence-electron chi connectivity index (χ1n) is 24.8. The summed E-state index contributed by atoms with van der Waals surface area (Å²) in [6, 6.07) is 78.3. The minimum atomic E-state index is -0.0551. The molecule has 0 bridgehead atoms. The first-order valence-corrected chi connectivity index (χ1v) is 25.6. The van der Waals surface area contributed by atoms with E-state index < -0.39 is 0 Å². The van der Waals surface area contributed by atoms with Gasteiger partial charge in [0.25, 0.3) is 0 Å². The van der Waals surface area contributed by atoms with Crippen LogP contribution < -0.4 is 0 Å². The number of thiophene rings is 1. The molecule has 0 amide bonds. The number of aryl methyl sites for hydroxylation is 1. The Morgan fingerprint density at radius 2 is 1.11 bits per heavy atom. The van der Waals surface area contributed by atoms with Crippen LogP contribution in [0.1, 0.15) is 42.1 Å². The van der Waals surface area contributed by atoms with Crippen molar-refractivity contribution >= 4 is 96.4 Å². The predicted octanol–water partition coefficient (Wildman–Crippen LogP) is 18.6. The molecule has 3 aromatic heterocycles. The third-order valence-corrected chi connectivity index (χ3v) is 16.3. The normalized spacial score (nSPS) is 12.4. The number of nitrogens with zero attached hydrogens (tertiary/aromatic N) is 3. The highest BCUT2D eigenvalue weighted by atomic mass is 32.1. The SMILES string of the molecule is CCc1c(-c2ccc3ccccc3c2)nc(-c2cc(-n3c4cc5ccccc5cc4c4ccc5ccccc5c43)cc3sc4c5ccccc5ccc4c23)nc1C(C)c1ccccc1-c1ccccc1C. The number of rotatable bonds is 7. The van der Waals surface area contributed by atoms with Crippen molar-refractivity contribution in [1.29, 1.82) is 0 Å². The van der Waals surface area contributed by atoms with E-state index in [-0.39, 0.29) is 5.92 Å². The van der Waals surface area contributed by atoms with Gasteiger partial charge in [0.05, 0.1) is 22.4 Å². The molecule has 0 aliphatic rings. The average molecular weight is 926 g/mol. The van der Waals surface area contributed by atoms with Crippen molar-refractivity contribution in [3.63, 3.8) is 0 Å². The van der Waals surface area contributed by atoms with E-state index in [0.29, 0.717) is 0 Å². The monoisotopic (exact) mass is 925 g/mol. The lowest BCUT2D eigenvalue weighted by atomic mass is 9.85. The molecule has 0 fully saturated rings. The van der Waals surface area contributed by atoms with Gasteiger partial charge in [-0.15, -0.1) is 11.3 Å². The molecular formula is C67H47N3S. The molecule has 0 radical (unpaired) electrons. The molecule has 3 heterocycles. The molecule has 0 aliphatic carbocycles. The zero-order chi connectivity index (χ0) is 47.3. The van der Waals surface area contributed by atoms with Gasteiger partial charge in [0.2, 0.25) is 0 Å². The Bertz CT molecular complexity index is 4500. The first kappa shape index (κ1) is 41.5. The van der Waals surface area contributed by atoms with Gasteiger partial charge < -0.3 is 4.57 Å². The maximum Gasteiger partial charge on any atom is 0.160 e. The topological polar surface area (TPSA) is 30.7 Å². The molecule has 4 heteroatoms. The lowest BCUT2D eigenvalue weighted by Gasteiger charge is -2.23. The van der Waals surface area contributed by atoms with Crippen LogP contribution in [0, 0.1) is 6.92 Å². The summed E-state index contributed by atoms with van der Waals surface area (Å²) in [5.74, 6) is 0.678. The third-order valence-electron chi connectivity index (χ3n) is 15.2. The van der Waals surface area contributed by atoms with Crippen LogP contribution in [0.15, 0.2) is 212 Å². The Labute approximate surface area is 415 Å². The summed E-state index contributed by atoms with van der Waals surface area (Å²) in [6.07, 6.45) is 0.778. The van der Waals surface area contributed by atoms with Gasteiger partial charge in [-0.3, -0.25) is 0 Å². The van der Waals surface area contributed by atoms with Crippen LogP contribution >= 0.6 is 11.3 Å². The van der Waals surface area contributed by atoms with Crippen LogP contribution in [-0.4, -0.2) is 14.5 Å². The summed E-state index contributed by atoms with van der Waals surface area (Å²) in [7, 11) is 0. The van der Waals surface area contributed by atoms with E-state index in [1.165, 1.54) is 113 Å². The standard InChI is InChI=1S/C67H47N3S/c1-4-50-63(41(3)52-25-15-16-28-55(52)51-24-12-5-17-40(51)2)68-67(69-64(50)48-30-29-42-18-6-7-21-45(42)35-48)59-38-49(39-61-62(59)57-34-32-44-20-11-14-27-54(44)66(57)71-61)70-60-37-47-23-9-8-22-46(47)36-58(60)56-33-31-43-19-10-13-26-53(43)65(56)70/h5-39,41H,4H2,1-3H3. The molecule has 11 aromatic carbocycles. The quantitative estimate of drug-likeness (QED) is 0.159. The molecule has 1 atom stereocenters. The molecule has 14 aromatic rings. The highest BCUT2D eigenvalue weighted by molar-refractivity contribution is 7.26. The van der Waals surface area contributed by atoms with Crippen molar-refractivity contribution in [3.8, 4) is 39.5 Å².